The number of carbonyl (C=O) groups excluding carboxylic acids is 2. The monoisotopic (exact) mass is 918 g/mol. The average Bonchev–Trinajstić information content (AvgIpc) is 3.54. The van der Waals surface area contributed by atoms with Crippen LogP contribution < -0.4 is 5.73 Å². The van der Waals surface area contributed by atoms with E-state index in [9.17, 15) is 29.3 Å². The Bertz CT molecular complexity index is 1590. The highest BCUT2D eigenvalue weighted by atomic mass is 31.2. The smallest absolute Gasteiger partial charge is 0.466 e. The Labute approximate surface area is 385 Å². The zero-order chi connectivity index (χ0) is 47.1. The molecule has 64 heavy (non-hydrogen) atoms. The van der Waals surface area contributed by atoms with Gasteiger partial charge in [0.25, 0.3) is 0 Å². The maximum atomic E-state index is 12.7. The molecule has 1 unspecified atom stereocenters. The second-order valence-corrected chi connectivity index (χ2v) is 17.7. The second kappa shape index (κ2) is 38.9. The largest absolute Gasteiger partial charge is 0.472 e. The summed E-state index contributed by atoms with van der Waals surface area (Å²) in [4.78, 5) is 35.0. The number of hydrogen-bond donors (Lipinski definition) is 4. The van der Waals surface area contributed by atoms with Crippen molar-refractivity contribution < 1.29 is 52.2 Å². The summed E-state index contributed by atoms with van der Waals surface area (Å²) in [5.41, 5.74) is 8.02. The van der Waals surface area contributed by atoms with E-state index in [0.29, 0.717) is 32.1 Å². The number of nitrogens with two attached hydrogens (primary N) is 1. The number of esters is 2. The van der Waals surface area contributed by atoms with Crippen molar-refractivity contribution in [1.82, 2.24) is 0 Å². The van der Waals surface area contributed by atoms with Gasteiger partial charge in [-0.1, -0.05) is 151 Å². The lowest BCUT2D eigenvalue weighted by atomic mass is 10.0. The molecule has 13 heteroatoms. The highest BCUT2D eigenvalue weighted by molar-refractivity contribution is 7.47. The van der Waals surface area contributed by atoms with E-state index >= 15 is 0 Å². The fourth-order valence-corrected chi connectivity index (χ4v) is 7.37. The summed E-state index contributed by atoms with van der Waals surface area (Å²) in [5, 5.41) is 20.0. The Kier molecular flexibility index (Phi) is 35.6. The zero-order valence-electron chi connectivity index (χ0n) is 39.7. The van der Waals surface area contributed by atoms with Crippen molar-refractivity contribution in [3.05, 3.63) is 95.6 Å². The fraction of sp³-hybridized carbons (Fsp3) is 0.647. The summed E-state index contributed by atoms with van der Waals surface area (Å²) in [6.07, 6.45) is 39.7. The minimum Gasteiger partial charge on any atom is -0.466 e. The van der Waals surface area contributed by atoms with Gasteiger partial charge in [-0.15, -0.1) is 0 Å². The Balaban J connectivity index is 2.31. The normalized spacial score (nSPS) is 14.8. The van der Waals surface area contributed by atoms with Crippen molar-refractivity contribution in [3.63, 3.8) is 0 Å². The Hall–Kier alpha value is -3.35. The predicted octanol–water partition coefficient (Wildman–Crippen LogP) is 11.4. The Morgan fingerprint density at radius 2 is 1.22 bits per heavy atom. The quantitative estimate of drug-likeness (QED) is 0.0161. The third kappa shape index (κ3) is 32.3. The Morgan fingerprint density at radius 1 is 0.672 bits per heavy atom. The lowest BCUT2D eigenvalue weighted by Crippen LogP contribution is -2.29. The van der Waals surface area contributed by atoms with Crippen molar-refractivity contribution in [1.29, 1.82) is 0 Å². The summed E-state index contributed by atoms with van der Waals surface area (Å²) in [5.74, 6) is 1.33. The number of phosphoric acid groups is 1. The second-order valence-electron chi connectivity index (χ2n) is 16.2. The average molecular weight is 918 g/mol. The van der Waals surface area contributed by atoms with Crippen molar-refractivity contribution in [2.24, 2.45) is 5.73 Å². The molecule has 12 nitrogen and oxygen atoms in total. The molecular weight excluding hydrogens is 834 g/mol. The number of ether oxygens (including phenoxy) is 2. The Morgan fingerprint density at radius 3 is 1.80 bits per heavy atom. The molecule has 0 fully saturated rings. The number of unbranched alkanes of at least 4 members (excludes halogenated alkanes) is 11. The van der Waals surface area contributed by atoms with Gasteiger partial charge >= 0.3 is 19.8 Å². The number of carbonyl (C=O) groups is 2. The van der Waals surface area contributed by atoms with E-state index in [1.807, 2.05) is 43.4 Å². The van der Waals surface area contributed by atoms with E-state index in [-0.39, 0.29) is 32.6 Å². The van der Waals surface area contributed by atoms with E-state index in [1.165, 1.54) is 74.0 Å². The van der Waals surface area contributed by atoms with Gasteiger partial charge in [-0.2, -0.15) is 0 Å². The molecule has 1 rings (SSSR count). The van der Waals surface area contributed by atoms with Crippen molar-refractivity contribution >= 4 is 19.8 Å². The predicted molar refractivity (Wildman–Crippen MR) is 258 cm³/mol. The number of rotatable bonds is 40. The highest BCUT2D eigenvalue weighted by Crippen LogP contribution is 2.43. The third-order valence-electron chi connectivity index (χ3n) is 10.5. The first kappa shape index (κ1) is 58.7. The number of phosphoric ester groups is 1. The molecule has 0 saturated carbocycles. The van der Waals surface area contributed by atoms with E-state index in [2.05, 4.69) is 20.8 Å². The molecule has 5 N–H and O–H groups in total. The van der Waals surface area contributed by atoms with Crippen LogP contribution in [0, 0.1) is 13.8 Å². The van der Waals surface area contributed by atoms with Gasteiger partial charge in [-0.3, -0.25) is 18.6 Å². The third-order valence-corrected chi connectivity index (χ3v) is 11.5. The first-order chi connectivity index (χ1) is 30.9. The van der Waals surface area contributed by atoms with Crippen LogP contribution in [-0.4, -0.2) is 71.7 Å². The van der Waals surface area contributed by atoms with Gasteiger partial charge in [0.15, 0.2) is 6.10 Å². The summed E-state index contributed by atoms with van der Waals surface area (Å²) < 4.78 is 39.0. The number of aryl methyl sites for hydroxylation is 2. The number of allylic oxidation sites excluding steroid dienone is 8. The molecule has 0 bridgehead atoms. The molecule has 0 radical (unpaired) electrons. The summed E-state index contributed by atoms with van der Waals surface area (Å²) in [6, 6.07) is 0. The number of aliphatic hydroxyl groups is 2. The molecule has 1 heterocycles. The van der Waals surface area contributed by atoms with Crippen LogP contribution in [0.3, 0.4) is 0 Å². The van der Waals surface area contributed by atoms with Crippen LogP contribution in [0.5, 0.6) is 0 Å². The van der Waals surface area contributed by atoms with E-state index in [0.717, 1.165) is 44.9 Å². The van der Waals surface area contributed by atoms with Crippen LogP contribution >= 0.6 is 7.82 Å². The van der Waals surface area contributed by atoms with Gasteiger partial charge in [0.05, 0.1) is 25.4 Å². The molecule has 0 aliphatic rings. The van der Waals surface area contributed by atoms with Gasteiger partial charge in [-0.05, 0) is 76.3 Å². The minimum absolute atomic E-state index is 0.0185. The molecule has 4 atom stereocenters. The minimum atomic E-state index is -4.44. The van der Waals surface area contributed by atoms with Crippen molar-refractivity contribution in [3.8, 4) is 0 Å². The van der Waals surface area contributed by atoms with Gasteiger partial charge in [0.1, 0.15) is 18.1 Å². The lowest BCUT2D eigenvalue weighted by Gasteiger charge is -2.19. The maximum absolute atomic E-state index is 12.7. The van der Waals surface area contributed by atoms with Gasteiger partial charge in [0.2, 0.25) is 0 Å². The first-order valence-electron chi connectivity index (χ1n) is 24.0. The lowest BCUT2D eigenvalue weighted by molar-refractivity contribution is -0.161. The van der Waals surface area contributed by atoms with Crippen molar-refractivity contribution in [2.75, 3.05) is 26.4 Å². The molecule has 0 aliphatic carbocycles. The number of furan rings is 1. The van der Waals surface area contributed by atoms with Gasteiger partial charge in [-0.25, -0.2) is 4.57 Å². The number of aliphatic hydroxyl groups excluding tert-OH is 2. The summed E-state index contributed by atoms with van der Waals surface area (Å²) >= 11 is 0. The molecular formula is C51H84NO11P. The molecule has 364 valence electrons. The molecule has 0 aromatic carbocycles. The molecule has 1 aromatic rings. The van der Waals surface area contributed by atoms with E-state index in [1.54, 1.807) is 36.5 Å². The summed E-state index contributed by atoms with van der Waals surface area (Å²) in [6.45, 7) is 7.65. The topological polar surface area (TPSA) is 188 Å². The van der Waals surface area contributed by atoms with Gasteiger partial charge < -0.3 is 34.7 Å². The van der Waals surface area contributed by atoms with Crippen LogP contribution in [0.2, 0.25) is 0 Å². The zero-order valence-corrected chi connectivity index (χ0v) is 40.6. The van der Waals surface area contributed by atoms with E-state index in [4.69, 9.17) is 28.7 Å². The van der Waals surface area contributed by atoms with Crippen LogP contribution in [-0.2, 0) is 45.5 Å². The molecule has 0 aliphatic heterocycles. The van der Waals surface area contributed by atoms with Crippen LogP contribution in [0.1, 0.15) is 165 Å². The summed E-state index contributed by atoms with van der Waals surface area (Å²) in [7, 11) is -4.44. The standard InChI is InChI=1S/C51H84NO11P/c1-5-7-23-31-45(53)33-26-21-22-27-34-46(54)32-25-17-15-16-19-29-37-50(55)59-41-47(42-61-64(57,58)60-40-39-52)62-51(56)38-30-20-14-12-10-9-11-13-18-28-36-49-44(4)43(3)48(63-49)35-24-8-6-2/h7,16-17,19,21-23,25-27,33-34,45-47,53-54H,5-6,8-15,18,20,24,28-32,35-42,52H2,1-4H3,(H,57,58)/b19-16-,22-21-,23-7-,25-17-,33-26+,34-27+/t45-,46+,47-/m1/s1. The molecule has 0 amide bonds. The number of hydrogen-bond acceptors (Lipinski definition) is 11. The molecule has 0 spiro atoms. The van der Waals surface area contributed by atoms with Crippen LogP contribution in [0.25, 0.3) is 0 Å². The van der Waals surface area contributed by atoms with E-state index < -0.39 is 44.7 Å². The highest BCUT2D eigenvalue weighted by Gasteiger charge is 2.26. The van der Waals surface area contributed by atoms with Crippen LogP contribution in [0.4, 0.5) is 0 Å². The molecule has 0 saturated heterocycles. The fourth-order valence-electron chi connectivity index (χ4n) is 6.60. The van der Waals surface area contributed by atoms with Gasteiger partial charge in [0, 0.05) is 32.2 Å². The maximum Gasteiger partial charge on any atom is 0.472 e. The van der Waals surface area contributed by atoms with Crippen LogP contribution in [0.15, 0.2) is 77.3 Å². The van der Waals surface area contributed by atoms with Crippen molar-refractivity contribution in [2.45, 2.75) is 187 Å². The first-order valence-corrected chi connectivity index (χ1v) is 25.5. The SMILES string of the molecule is CC/C=C\C[C@@H](O)/C=C/C=C\C=C\[C@@H](O)C/C=C\C/C=C\CCC(=O)OC[C@H](COP(=O)(O)OCCN)OC(=O)CCCCCCCCCCCCc1oc(CCCCC)c(C)c1C. The molecule has 1 aromatic heterocycles.